The van der Waals surface area contributed by atoms with E-state index in [0.717, 1.165) is 4.83 Å². The summed E-state index contributed by atoms with van der Waals surface area (Å²) in [5.41, 5.74) is 0. The van der Waals surface area contributed by atoms with Crippen molar-refractivity contribution in [3.63, 3.8) is 0 Å². The van der Waals surface area contributed by atoms with Crippen LogP contribution in [0.4, 0.5) is 0 Å². The number of hydrogen-bond donors (Lipinski definition) is 1. The number of unbranched alkanes of at least 4 members (excludes halogenated alkanes) is 14. The maximum atomic E-state index is 3.88. The summed E-state index contributed by atoms with van der Waals surface area (Å²) in [7, 11) is 0. The van der Waals surface area contributed by atoms with E-state index in [1.807, 2.05) is 0 Å². The lowest BCUT2D eigenvalue weighted by atomic mass is 10.0. The van der Waals surface area contributed by atoms with Crippen molar-refractivity contribution < 1.29 is 0 Å². The van der Waals surface area contributed by atoms with Gasteiger partial charge in [-0.25, -0.2) is 0 Å². The predicted octanol–water partition coefficient (Wildman–Crippen LogP) is 8.97. The fourth-order valence-corrected chi connectivity index (χ4v) is 3.79. The molecule has 142 valence electrons. The maximum Gasteiger partial charge on any atom is 0.0145 e. The normalized spacial score (nSPS) is 11.0. The third kappa shape index (κ3) is 22.4. The van der Waals surface area contributed by atoms with E-state index in [0.29, 0.717) is 0 Å². The van der Waals surface area contributed by atoms with Crippen molar-refractivity contribution in [2.24, 2.45) is 0 Å². The van der Waals surface area contributed by atoms with Gasteiger partial charge in [0.2, 0.25) is 0 Å². The molecule has 0 bridgehead atoms. The SMILES string of the molecule is CCCCCCCCCCC(Br)CCCCCCCCCC.N. The van der Waals surface area contributed by atoms with Gasteiger partial charge in [-0.3, -0.25) is 0 Å². The van der Waals surface area contributed by atoms with Crippen LogP contribution in [0.1, 0.15) is 129 Å². The Hall–Kier alpha value is 0.440. The summed E-state index contributed by atoms with van der Waals surface area (Å²) in [6.45, 7) is 4.59. The summed E-state index contributed by atoms with van der Waals surface area (Å²) in [4.78, 5) is 0.785. The zero-order chi connectivity index (χ0) is 16.3. The lowest BCUT2D eigenvalue weighted by Crippen LogP contribution is -1.97. The molecule has 0 heterocycles. The second-order valence-electron chi connectivity index (χ2n) is 7.12. The number of hydrogen-bond acceptors (Lipinski definition) is 1. The molecule has 0 saturated heterocycles. The summed E-state index contributed by atoms with van der Waals surface area (Å²) >= 11 is 3.88. The summed E-state index contributed by atoms with van der Waals surface area (Å²) in [5, 5.41) is 0. The van der Waals surface area contributed by atoms with Crippen LogP contribution in [0.5, 0.6) is 0 Å². The molecule has 3 N–H and O–H groups in total. The van der Waals surface area contributed by atoms with Crippen molar-refractivity contribution in [1.82, 2.24) is 6.15 Å². The average Bonchev–Trinajstić information content (AvgIpc) is 2.52. The highest BCUT2D eigenvalue weighted by molar-refractivity contribution is 9.09. The van der Waals surface area contributed by atoms with E-state index in [9.17, 15) is 0 Å². The minimum absolute atomic E-state index is 0. The van der Waals surface area contributed by atoms with Crippen LogP contribution >= 0.6 is 15.9 Å². The molecule has 0 aliphatic rings. The molecule has 0 fully saturated rings. The van der Waals surface area contributed by atoms with Crippen molar-refractivity contribution in [1.29, 1.82) is 0 Å². The van der Waals surface area contributed by atoms with Gasteiger partial charge in [-0.15, -0.1) is 0 Å². The smallest absolute Gasteiger partial charge is 0.0145 e. The van der Waals surface area contributed by atoms with E-state index in [1.54, 1.807) is 0 Å². The Morgan fingerprint density at radius 1 is 0.478 bits per heavy atom. The molecule has 0 saturated carbocycles. The molecule has 0 aromatic heterocycles. The van der Waals surface area contributed by atoms with Crippen LogP contribution in [0.2, 0.25) is 0 Å². The van der Waals surface area contributed by atoms with Crippen LogP contribution in [-0.2, 0) is 0 Å². The minimum Gasteiger partial charge on any atom is -0.344 e. The molecule has 0 amide bonds. The first-order chi connectivity index (χ1) is 10.8. The average molecular weight is 393 g/mol. The van der Waals surface area contributed by atoms with Gasteiger partial charge >= 0.3 is 0 Å². The van der Waals surface area contributed by atoms with Gasteiger partial charge in [-0.2, -0.15) is 0 Å². The molecule has 2 heteroatoms. The first-order valence-electron chi connectivity index (χ1n) is 10.4. The molecular weight excluding hydrogens is 346 g/mol. The molecule has 0 atom stereocenters. The highest BCUT2D eigenvalue weighted by Crippen LogP contribution is 2.19. The van der Waals surface area contributed by atoms with E-state index >= 15 is 0 Å². The molecule has 0 spiro atoms. The number of halogens is 1. The highest BCUT2D eigenvalue weighted by atomic mass is 79.9. The van der Waals surface area contributed by atoms with Crippen molar-refractivity contribution in [3.05, 3.63) is 0 Å². The Bertz CT molecular complexity index is 176. The van der Waals surface area contributed by atoms with Crippen LogP contribution in [0.25, 0.3) is 0 Å². The molecule has 1 nitrogen and oxygen atoms in total. The van der Waals surface area contributed by atoms with Gasteiger partial charge in [0.1, 0.15) is 0 Å². The fraction of sp³-hybridized carbons (Fsp3) is 1.00. The van der Waals surface area contributed by atoms with E-state index in [4.69, 9.17) is 0 Å². The monoisotopic (exact) mass is 391 g/mol. The Morgan fingerprint density at radius 3 is 1.04 bits per heavy atom. The third-order valence-corrected chi connectivity index (χ3v) is 5.66. The van der Waals surface area contributed by atoms with E-state index in [2.05, 4.69) is 29.8 Å². The van der Waals surface area contributed by atoms with Crippen molar-refractivity contribution >= 4 is 15.9 Å². The number of alkyl halides is 1. The van der Waals surface area contributed by atoms with Gasteiger partial charge in [0.25, 0.3) is 0 Å². The molecule has 0 unspecified atom stereocenters. The van der Waals surface area contributed by atoms with Gasteiger partial charge in [0.15, 0.2) is 0 Å². The van der Waals surface area contributed by atoms with Gasteiger partial charge in [-0.1, -0.05) is 133 Å². The van der Waals surface area contributed by atoms with Crippen LogP contribution in [0, 0.1) is 0 Å². The molecule has 0 aromatic carbocycles. The van der Waals surface area contributed by atoms with Crippen LogP contribution in [0.3, 0.4) is 0 Å². The second-order valence-corrected chi connectivity index (χ2v) is 8.42. The van der Waals surface area contributed by atoms with Crippen LogP contribution in [-0.4, -0.2) is 4.83 Å². The van der Waals surface area contributed by atoms with Crippen molar-refractivity contribution in [2.75, 3.05) is 0 Å². The highest BCUT2D eigenvalue weighted by Gasteiger charge is 2.03. The van der Waals surface area contributed by atoms with Gasteiger partial charge in [-0.05, 0) is 12.8 Å². The molecular formula is C21H46BrN. The van der Waals surface area contributed by atoms with Crippen LogP contribution in [0.15, 0.2) is 0 Å². The standard InChI is InChI=1S/C21H43Br.H3N/c1-3-5-7-9-11-13-15-17-19-21(22)20-18-16-14-12-10-8-6-4-2;/h21H,3-20H2,1-2H3;1H3. The Labute approximate surface area is 156 Å². The topological polar surface area (TPSA) is 35.0 Å². The molecule has 0 aliphatic heterocycles. The second kappa shape index (κ2) is 22.4. The zero-order valence-electron chi connectivity index (χ0n) is 16.4. The Kier molecular flexibility index (Phi) is 25.1. The predicted molar refractivity (Wildman–Crippen MR) is 112 cm³/mol. The summed E-state index contributed by atoms with van der Waals surface area (Å²) < 4.78 is 0. The quantitative estimate of drug-likeness (QED) is 0.183. The molecule has 0 rings (SSSR count). The lowest BCUT2D eigenvalue weighted by molar-refractivity contribution is 0.533. The van der Waals surface area contributed by atoms with Gasteiger partial charge in [0, 0.05) is 4.83 Å². The third-order valence-electron chi connectivity index (χ3n) is 4.74. The first-order valence-corrected chi connectivity index (χ1v) is 11.4. The number of rotatable bonds is 18. The van der Waals surface area contributed by atoms with Gasteiger partial charge in [0.05, 0.1) is 0 Å². The van der Waals surface area contributed by atoms with Crippen molar-refractivity contribution in [2.45, 2.75) is 134 Å². The molecule has 0 aromatic rings. The van der Waals surface area contributed by atoms with E-state index in [1.165, 1.54) is 116 Å². The molecule has 0 aliphatic carbocycles. The minimum atomic E-state index is 0. The maximum absolute atomic E-state index is 3.88. The fourth-order valence-electron chi connectivity index (χ4n) is 3.14. The summed E-state index contributed by atoms with van der Waals surface area (Å²) in [6.07, 6.45) is 25.8. The molecule has 0 radical (unpaired) electrons. The van der Waals surface area contributed by atoms with Crippen molar-refractivity contribution in [3.8, 4) is 0 Å². The van der Waals surface area contributed by atoms with E-state index < -0.39 is 0 Å². The zero-order valence-corrected chi connectivity index (χ0v) is 18.0. The summed E-state index contributed by atoms with van der Waals surface area (Å²) in [6, 6.07) is 0. The lowest BCUT2D eigenvalue weighted by Gasteiger charge is -2.09. The molecule has 23 heavy (non-hydrogen) atoms. The van der Waals surface area contributed by atoms with Gasteiger partial charge < -0.3 is 6.15 Å². The Balaban J connectivity index is 0. The van der Waals surface area contributed by atoms with E-state index in [-0.39, 0.29) is 6.15 Å². The first kappa shape index (κ1) is 25.7. The summed E-state index contributed by atoms with van der Waals surface area (Å²) in [5.74, 6) is 0. The largest absolute Gasteiger partial charge is 0.344 e. The Morgan fingerprint density at radius 2 is 0.739 bits per heavy atom. The van der Waals surface area contributed by atoms with Crippen LogP contribution < -0.4 is 6.15 Å².